The molecule has 0 saturated carbocycles. The summed E-state index contributed by atoms with van der Waals surface area (Å²) in [5, 5.41) is 2.13. The van der Waals surface area contributed by atoms with Gasteiger partial charge >= 0.3 is 0 Å². The molecule has 28 heavy (non-hydrogen) atoms. The van der Waals surface area contributed by atoms with Crippen LogP contribution in [0.25, 0.3) is 41.6 Å². The number of fused-ring (bicyclic) bond motifs is 2. The number of aromatic nitrogens is 2. The van der Waals surface area contributed by atoms with E-state index in [2.05, 4.69) is 75.4 Å². The van der Waals surface area contributed by atoms with Crippen molar-refractivity contribution in [3.05, 3.63) is 72.3 Å². The SMILES string of the molecule is CC(C)(C)c1cc(-c2nc3ccccc3s2)cc(-c2nc3ccccc3s2)c1. The van der Waals surface area contributed by atoms with Crippen LogP contribution in [-0.2, 0) is 5.41 Å². The summed E-state index contributed by atoms with van der Waals surface area (Å²) in [6.45, 7) is 6.77. The minimum atomic E-state index is 0.0537. The van der Waals surface area contributed by atoms with Gasteiger partial charge in [-0.05, 0) is 53.4 Å². The number of thiazole rings is 2. The van der Waals surface area contributed by atoms with Gasteiger partial charge in [-0.15, -0.1) is 22.7 Å². The van der Waals surface area contributed by atoms with E-state index in [1.165, 1.54) is 26.1 Å². The molecule has 0 saturated heterocycles. The van der Waals surface area contributed by atoms with Crippen molar-refractivity contribution < 1.29 is 0 Å². The van der Waals surface area contributed by atoms with E-state index >= 15 is 0 Å². The van der Waals surface area contributed by atoms with E-state index in [0.29, 0.717) is 0 Å². The molecule has 0 radical (unpaired) electrons. The van der Waals surface area contributed by atoms with Crippen molar-refractivity contribution in [1.82, 2.24) is 9.97 Å². The predicted molar refractivity (Wildman–Crippen MR) is 122 cm³/mol. The summed E-state index contributed by atoms with van der Waals surface area (Å²) in [6.07, 6.45) is 0. The van der Waals surface area contributed by atoms with E-state index in [4.69, 9.17) is 9.97 Å². The van der Waals surface area contributed by atoms with E-state index in [0.717, 1.165) is 21.0 Å². The molecule has 5 rings (SSSR count). The Kier molecular flexibility index (Phi) is 4.07. The molecule has 0 bridgehead atoms. The normalized spacial score (nSPS) is 12.1. The zero-order valence-electron chi connectivity index (χ0n) is 16.1. The number of benzene rings is 3. The molecule has 0 atom stereocenters. The Morgan fingerprint density at radius 3 is 1.54 bits per heavy atom. The van der Waals surface area contributed by atoms with Gasteiger partial charge in [-0.3, -0.25) is 0 Å². The second-order valence-corrected chi connectivity index (χ2v) is 10.1. The number of hydrogen-bond donors (Lipinski definition) is 0. The highest BCUT2D eigenvalue weighted by molar-refractivity contribution is 7.22. The third kappa shape index (κ3) is 3.13. The Morgan fingerprint density at radius 1 is 0.643 bits per heavy atom. The molecule has 0 spiro atoms. The highest BCUT2D eigenvalue weighted by Gasteiger charge is 2.19. The van der Waals surface area contributed by atoms with Gasteiger partial charge in [0.25, 0.3) is 0 Å². The van der Waals surface area contributed by atoms with Crippen LogP contribution in [0.5, 0.6) is 0 Å². The minimum absolute atomic E-state index is 0.0537. The average molecular weight is 401 g/mol. The number of rotatable bonds is 2. The van der Waals surface area contributed by atoms with Gasteiger partial charge < -0.3 is 0 Å². The van der Waals surface area contributed by atoms with Gasteiger partial charge in [0.15, 0.2) is 0 Å². The van der Waals surface area contributed by atoms with Crippen LogP contribution in [0.1, 0.15) is 26.3 Å². The van der Waals surface area contributed by atoms with Crippen LogP contribution in [-0.4, -0.2) is 9.97 Å². The van der Waals surface area contributed by atoms with Gasteiger partial charge in [0.1, 0.15) is 10.0 Å². The summed E-state index contributed by atoms with van der Waals surface area (Å²) in [5.74, 6) is 0. The highest BCUT2D eigenvalue weighted by atomic mass is 32.1. The lowest BCUT2D eigenvalue weighted by atomic mass is 9.85. The van der Waals surface area contributed by atoms with Crippen molar-refractivity contribution in [1.29, 1.82) is 0 Å². The molecule has 2 aromatic heterocycles. The molecule has 3 aromatic carbocycles. The van der Waals surface area contributed by atoms with E-state index in [1.54, 1.807) is 22.7 Å². The molecule has 5 aromatic rings. The Bertz CT molecular complexity index is 1150. The molecule has 138 valence electrons. The third-order valence-electron chi connectivity index (χ3n) is 4.88. The third-order valence-corrected chi connectivity index (χ3v) is 7.05. The zero-order chi connectivity index (χ0) is 19.3. The molecular weight excluding hydrogens is 380 g/mol. The van der Waals surface area contributed by atoms with E-state index in [-0.39, 0.29) is 5.41 Å². The van der Waals surface area contributed by atoms with Gasteiger partial charge in [-0.25, -0.2) is 9.97 Å². The van der Waals surface area contributed by atoms with Crippen molar-refractivity contribution in [2.75, 3.05) is 0 Å². The van der Waals surface area contributed by atoms with Crippen LogP contribution in [0.15, 0.2) is 66.7 Å². The fourth-order valence-corrected chi connectivity index (χ4v) is 5.20. The summed E-state index contributed by atoms with van der Waals surface area (Å²) in [6, 6.07) is 23.5. The first kappa shape index (κ1) is 17.5. The first-order valence-corrected chi connectivity index (χ1v) is 11.0. The fourth-order valence-electron chi connectivity index (χ4n) is 3.30. The summed E-state index contributed by atoms with van der Waals surface area (Å²) in [4.78, 5) is 9.77. The second kappa shape index (κ2) is 6.50. The largest absolute Gasteiger partial charge is 0.236 e. The van der Waals surface area contributed by atoms with Crippen molar-refractivity contribution in [2.24, 2.45) is 0 Å². The van der Waals surface area contributed by atoms with Crippen LogP contribution in [0, 0.1) is 0 Å². The standard InChI is InChI=1S/C24H20N2S2/c1-24(2,3)17-13-15(22-25-18-8-4-6-10-20(18)27-22)12-16(14-17)23-26-19-9-5-7-11-21(19)28-23/h4-14H,1-3H3. The monoisotopic (exact) mass is 400 g/mol. The van der Waals surface area contributed by atoms with E-state index in [1.807, 2.05) is 12.1 Å². The summed E-state index contributed by atoms with van der Waals surface area (Å²) in [5.41, 5.74) is 5.82. The maximum atomic E-state index is 4.89. The smallest absolute Gasteiger partial charge is 0.124 e. The zero-order valence-corrected chi connectivity index (χ0v) is 17.7. The molecule has 0 fully saturated rings. The maximum Gasteiger partial charge on any atom is 0.124 e. The van der Waals surface area contributed by atoms with E-state index in [9.17, 15) is 0 Å². The van der Waals surface area contributed by atoms with Crippen LogP contribution in [0.3, 0.4) is 0 Å². The Balaban J connectivity index is 1.72. The molecule has 2 nitrogen and oxygen atoms in total. The molecular formula is C24H20N2S2. The summed E-state index contributed by atoms with van der Waals surface area (Å²) < 4.78 is 2.44. The van der Waals surface area contributed by atoms with Crippen molar-refractivity contribution >= 4 is 43.1 Å². The highest BCUT2D eigenvalue weighted by Crippen LogP contribution is 2.38. The predicted octanol–water partition coefficient (Wildman–Crippen LogP) is 7.54. The number of hydrogen-bond acceptors (Lipinski definition) is 4. The molecule has 0 unspecified atom stereocenters. The van der Waals surface area contributed by atoms with Crippen LogP contribution >= 0.6 is 22.7 Å². The average Bonchev–Trinajstić information content (AvgIpc) is 3.31. The quantitative estimate of drug-likeness (QED) is 0.306. The van der Waals surface area contributed by atoms with Crippen LogP contribution in [0.2, 0.25) is 0 Å². The van der Waals surface area contributed by atoms with Gasteiger partial charge in [-0.1, -0.05) is 45.0 Å². The van der Waals surface area contributed by atoms with Gasteiger partial charge in [0.05, 0.1) is 20.4 Å². The molecule has 0 aliphatic rings. The molecule has 0 amide bonds. The first-order chi connectivity index (χ1) is 13.5. The Morgan fingerprint density at radius 2 is 1.11 bits per heavy atom. The lowest BCUT2D eigenvalue weighted by Crippen LogP contribution is -2.11. The van der Waals surface area contributed by atoms with Crippen LogP contribution < -0.4 is 0 Å². The topological polar surface area (TPSA) is 25.8 Å². The van der Waals surface area contributed by atoms with Crippen molar-refractivity contribution in [3.8, 4) is 21.1 Å². The molecule has 4 heteroatoms. The second-order valence-electron chi connectivity index (χ2n) is 8.02. The minimum Gasteiger partial charge on any atom is -0.236 e. The van der Waals surface area contributed by atoms with Crippen molar-refractivity contribution in [3.63, 3.8) is 0 Å². The Hall–Kier alpha value is -2.56. The fraction of sp³-hybridized carbons (Fsp3) is 0.167. The van der Waals surface area contributed by atoms with Crippen molar-refractivity contribution in [2.45, 2.75) is 26.2 Å². The first-order valence-electron chi connectivity index (χ1n) is 9.35. The maximum absolute atomic E-state index is 4.89. The lowest BCUT2D eigenvalue weighted by molar-refractivity contribution is 0.590. The van der Waals surface area contributed by atoms with Crippen LogP contribution in [0.4, 0.5) is 0 Å². The summed E-state index contributed by atoms with van der Waals surface area (Å²) in [7, 11) is 0. The lowest BCUT2D eigenvalue weighted by Gasteiger charge is -2.20. The number of nitrogens with zero attached hydrogens (tertiary/aromatic N) is 2. The van der Waals surface area contributed by atoms with Gasteiger partial charge in [0, 0.05) is 11.1 Å². The molecule has 0 N–H and O–H groups in total. The molecule has 2 heterocycles. The Labute approximate surface area is 172 Å². The van der Waals surface area contributed by atoms with Gasteiger partial charge in [-0.2, -0.15) is 0 Å². The number of para-hydroxylation sites is 2. The molecule has 0 aliphatic carbocycles. The van der Waals surface area contributed by atoms with E-state index < -0.39 is 0 Å². The summed E-state index contributed by atoms with van der Waals surface area (Å²) >= 11 is 3.50. The van der Waals surface area contributed by atoms with Gasteiger partial charge in [0.2, 0.25) is 0 Å². The molecule has 0 aliphatic heterocycles.